The molecule has 2 unspecified atom stereocenters. The Morgan fingerprint density at radius 3 is 2.68 bits per heavy atom. The Labute approximate surface area is 158 Å². The van der Waals surface area contributed by atoms with Gasteiger partial charge in [0.1, 0.15) is 6.61 Å². The molecular weight excluding hydrogens is 361 g/mol. The molecule has 2 atom stereocenters. The Morgan fingerprint density at radius 2 is 1.96 bits per heavy atom. The molecule has 4 nitrogen and oxygen atoms in total. The molecule has 0 radical (unpaired) electrons. The molecule has 0 aliphatic carbocycles. The summed E-state index contributed by atoms with van der Waals surface area (Å²) < 4.78 is 17.2. The van der Waals surface area contributed by atoms with Gasteiger partial charge in [-0.25, -0.2) is 0 Å². The van der Waals surface area contributed by atoms with Gasteiger partial charge in [-0.1, -0.05) is 35.3 Å². The fourth-order valence-corrected chi connectivity index (χ4v) is 3.18. The zero-order valence-corrected chi connectivity index (χ0v) is 15.7. The van der Waals surface area contributed by atoms with Crippen molar-refractivity contribution in [3.05, 3.63) is 52.0 Å². The van der Waals surface area contributed by atoms with Gasteiger partial charge in [-0.3, -0.25) is 0 Å². The number of ether oxygens (including phenoxy) is 3. The lowest BCUT2D eigenvalue weighted by atomic mass is 10.1. The summed E-state index contributed by atoms with van der Waals surface area (Å²) in [5.74, 6) is 1.48. The first-order valence-corrected chi connectivity index (χ1v) is 9.05. The summed E-state index contributed by atoms with van der Waals surface area (Å²) in [6, 6.07) is 11.4. The third kappa shape index (κ3) is 4.32. The standard InChI is InChI=1S/C19H21Cl2NO3/c1-3-23-10-14-11-24-17-8-7-13(9-18(17)25-14)12(2)22-19-15(20)5-4-6-16(19)21/h4-9,12,14,22H,3,10-11H2,1-2H3. The second-order valence-electron chi connectivity index (χ2n) is 5.88. The van der Waals surface area contributed by atoms with Crippen molar-refractivity contribution in [2.24, 2.45) is 0 Å². The zero-order chi connectivity index (χ0) is 17.8. The van der Waals surface area contributed by atoms with Crippen molar-refractivity contribution in [1.29, 1.82) is 0 Å². The van der Waals surface area contributed by atoms with E-state index < -0.39 is 0 Å². The van der Waals surface area contributed by atoms with Crippen LogP contribution in [0, 0.1) is 0 Å². The smallest absolute Gasteiger partial charge is 0.162 e. The minimum Gasteiger partial charge on any atom is -0.486 e. The van der Waals surface area contributed by atoms with E-state index in [0.29, 0.717) is 29.9 Å². The van der Waals surface area contributed by atoms with E-state index in [0.717, 1.165) is 22.7 Å². The molecule has 0 amide bonds. The lowest BCUT2D eigenvalue weighted by Crippen LogP contribution is -2.33. The number of anilines is 1. The van der Waals surface area contributed by atoms with Crippen LogP contribution in [0.4, 0.5) is 5.69 Å². The first-order chi connectivity index (χ1) is 12.1. The molecule has 25 heavy (non-hydrogen) atoms. The average molecular weight is 382 g/mol. The van der Waals surface area contributed by atoms with Crippen molar-refractivity contribution in [3.8, 4) is 11.5 Å². The normalized spacial score (nSPS) is 17.2. The number of benzene rings is 2. The molecule has 0 saturated heterocycles. The van der Waals surface area contributed by atoms with E-state index in [1.54, 1.807) is 0 Å². The van der Waals surface area contributed by atoms with Crippen molar-refractivity contribution >= 4 is 28.9 Å². The van der Waals surface area contributed by atoms with Gasteiger partial charge in [0.05, 0.1) is 22.3 Å². The zero-order valence-electron chi connectivity index (χ0n) is 14.2. The number of hydrogen-bond donors (Lipinski definition) is 1. The predicted octanol–water partition coefficient (Wildman–Crippen LogP) is 5.34. The SMILES string of the molecule is CCOCC1COc2ccc(C(C)Nc3c(Cl)cccc3Cl)cc2O1. The van der Waals surface area contributed by atoms with Crippen LogP contribution in [-0.2, 0) is 4.74 Å². The molecule has 3 rings (SSSR count). The van der Waals surface area contributed by atoms with Gasteiger partial charge in [-0.05, 0) is 43.7 Å². The van der Waals surface area contributed by atoms with Gasteiger partial charge in [0, 0.05) is 12.6 Å². The number of hydrogen-bond acceptors (Lipinski definition) is 4. The lowest BCUT2D eigenvalue weighted by molar-refractivity contribution is 0.0127. The predicted molar refractivity (Wildman–Crippen MR) is 101 cm³/mol. The molecule has 0 fully saturated rings. The van der Waals surface area contributed by atoms with Gasteiger partial charge in [-0.2, -0.15) is 0 Å². The lowest BCUT2D eigenvalue weighted by Gasteiger charge is -2.27. The third-order valence-electron chi connectivity index (χ3n) is 4.02. The molecule has 134 valence electrons. The van der Waals surface area contributed by atoms with Gasteiger partial charge >= 0.3 is 0 Å². The fourth-order valence-electron chi connectivity index (χ4n) is 2.67. The van der Waals surface area contributed by atoms with Crippen LogP contribution in [0.2, 0.25) is 10.0 Å². The van der Waals surface area contributed by atoms with Gasteiger partial charge in [-0.15, -0.1) is 0 Å². The second kappa shape index (κ2) is 8.17. The third-order valence-corrected chi connectivity index (χ3v) is 4.65. The molecule has 1 aliphatic rings. The Hall–Kier alpha value is -1.62. The van der Waals surface area contributed by atoms with Crippen molar-refractivity contribution in [3.63, 3.8) is 0 Å². The van der Waals surface area contributed by atoms with E-state index in [9.17, 15) is 0 Å². The molecule has 0 aromatic heterocycles. The first-order valence-electron chi connectivity index (χ1n) is 8.30. The van der Waals surface area contributed by atoms with E-state index in [1.165, 1.54) is 0 Å². The molecule has 6 heteroatoms. The summed E-state index contributed by atoms with van der Waals surface area (Å²) in [7, 11) is 0. The summed E-state index contributed by atoms with van der Waals surface area (Å²) in [4.78, 5) is 0. The van der Waals surface area contributed by atoms with Gasteiger partial charge in [0.25, 0.3) is 0 Å². The summed E-state index contributed by atoms with van der Waals surface area (Å²) in [6.07, 6.45) is -0.0935. The Kier molecular flexibility index (Phi) is 5.94. The van der Waals surface area contributed by atoms with Crippen LogP contribution in [0.15, 0.2) is 36.4 Å². The number of para-hydroxylation sites is 1. The topological polar surface area (TPSA) is 39.7 Å². The number of fused-ring (bicyclic) bond motifs is 1. The Balaban J connectivity index is 1.75. The highest BCUT2D eigenvalue weighted by Crippen LogP contribution is 2.37. The first kappa shape index (κ1) is 18.2. The van der Waals surface area contributed by atoms with Crippen LogP contribution in [-0.4, -0.2) is 25.9 Å². The second-order valence-corrected chi connectivity index (χ2v) is 6.69. The molecule has 1 N–H and O–H groups in total. The van der Waals surface area contributed by atoms with Crippen LogP contribution in [0.5, 0.6) is 11.5 Å². The summed E-state index contributed by atoms with van der Waals surface area (Å²) in [5.41, 5.74) is 1.78. The molecular formula is C19H21Cl2NO3. The number of rotatable bonds is 6. The van der Waals surface area contributed by atoms with E-state index >= 15 is 0 Å². The van der Waals surface area contributed by atoms with E-state index in [1.807, 2.05) is 50.2 Å². The van der Waals surface area contributed by atoms with E-state index in [2.05, 4.69) is 5.32 Å². The highest BCUT2D eigenvalue weighted by Gasteiger charge is 2.22. The Bertz CT molecular complexity index is 718. The summed E-state index contributed by atoms with van der Waals surface area (Å²) >= 11 is 12.5. The van der Waals surface area contributed by atoms with Crippen LogP contribution < -0.4 is 14.8 Å². The quantitative estimate of drug-likeness (QED) is 0.732. The minimum absolute atomic E-state index is 0.00133. The maximum absolute atomic E-state index is 6.24. The van der Waals surface area contributed by atoms with Gasteiger partial charge in [0.2, 0.25) is 0 Å². The van der Waals surface area contributed by atoms with Crippen molar-refractivity contribution < 1.29 is 14.2 Å². The van der Waals surface area contributed by atoms with Gasteiger partial charge in [0.15, 0.2) is 17.6 Å². The molecule has 1 heterocycles. The van der Waals surface area contributed by atoms with E-state index in [-0.39, 0.29) is 12.1 Å². The van der Waals surface area contributed by atoms with Crippen LogP contribution >= 0.6 is 23.2 Å². The van der Waals surface area contributed by atoms with Crippen molar-refractivity contribution in [1.82, 2.24) is 0 Å². The van der Waals surface area contributed by atoms with Crippen LogP contribution in [0.25, 0.3) is 0 Å². The largest absolute Gasteiger partial charge is 0.486 e. The summed E-state index contributed by atoms with van der Waals surface area (Å²) in [6.45, 7) is 5.68. The molecule has 0 bridgehead atoms. The molecule has 2 aromatic carbocycles. The highest BCUT2D eigenvalue weighted by atomic mass is 35.5. The molecule has 1 aliphatic heterocycles. The summed E-state index contributed by atoms with van der Waals surface area (Å²) in [5, 5.41) is 4.54. The van der Waals surface area contributed by atoms with Crippen LogP contribution in [0.1, 0.15) is 25.5 Å². The van der Waals surface area contributed by atoms with Gasteiger partial charge < -0.3 is 19.5 Å². The van der Waals surface area contributed by atoms with Crippen LogP contribution in [0.3, 0.4) is 0 Å². The maximum Gasteiger partial charge on any atom is 0.162 e. The highest BCUT2D eigenvalue weighted by molar-refractivity contribution is 6.39. The maximum atomic E-state index is 6.24. The average Bonchev–Trinajstić information content (AvgIpc) is 2.62. The molecule has 2 aromatic rings. The molecule has 0 saturated carbocycles. The monoisotopic (exact) mass is 381 g/mol. The number of nitrogens with one attached hydrogen (secondary N) is 1. The minimum atomic E-state index is -0.0935. The number of halogens is 2. The van der Waals surface area contributed by atoms with Crippen molar-refractivity contribution in [2.75, 3.05) is 25.1 Å². The fraction of sp³-hybridized carbons (Fsp3) is 0.368. The van der Waals surface area contributed by atoms with Crippen molar-refractivity contribution in [2.45, 2.75) is 26.0 Å². The molecule has 0 spiro atoms. The Morgan fingerprint density at radius 1 is 1.20 bits per heavy atom. The van der Waals surface area contributed by atoms with E-state index in [4.69, 9.17) is 37.4 Å².